The highest BCUT2D eigenvalue weighted by molar-refractivity contribution is 6.27. The molecule has 24 rings (SSSR count). The molecule has 6 nitrogen and oxygen atoms in total. The molecule has 0 bridgehead atoms. The predicted octanol–water partition coefficient (Wildman–Crippen LogP) is 36.9. The summed E-state index contributed by atoms with van der Waals surface area (Å²) >= 11 is 0. The van der Waals surface area contributed by atoms with Crippen molar-refractivity contribution in [1.29, 1.82) is 0 Å². The van der Waals surface area contributed by atoms with Crippen LogP contribution in [-0.2, 0) is 0 Å². The third-order valence-corrected chi connectivity index (χ3v) is 28.1. The van der Waals surface area contributed by atoms with Crippen molar-refractivity contribution >= 4 is 133 Å². The number of nitrogens with zero attached hydrogens (tertiary/aromatic N) is 4. The fraction of sp³-hybridized carbons (Fsp3) is 0.0625. The molecule has 0 N–H and O–H groups in total. The van der Waals surface area contributed by atoms with Gasteiger partial charge in [-0.1, -0.05) is 255 Å². The highest BCUT2D eigenvalue weighted by Gasteiger charge is 2.31. The maximum atomic E-state index is 7.05. The summed E-state index contributed by atoms with van der Waals surface area (Å²) in [6.45, 7) is 18.3. The van der Waals surface area contributed by atoms with Crippen LogP contribution in [0.15, 0.2) is 437 Å². The standard InChI is InChI=1S/C68H56N2O.C60H40N2O/c1-41-45(5)67(69(50-24-13-9-14-25-50)51-26-15-10-16-27-51)46(6)42(2)64(41)49-36-37-56-61-39-58-54-32-21-22-33-55(54)60(40-59(58)57-34-23-35-62(66(57)61)71-63(56)38-49)65-43(3)47(7)68(48(8)44(65)4)70(52-28-17-11-18-29-52)53-30-19-12-20-31-53;1-5-16-44(17-6-1)61(45-18-7-2-8-19-45)48-33-28-41(29-34-48)43-32-37-52-57-40-55-51-25-14-13-24-50(51)54(39-56(55)53-26-15-27-58(60(53)57)63-59(52)38-43)42-30-35-49(36-31-42)62(46-20-9-3-10-21-46)47-22-11-4-12-23-47/h9-40H,1-8H3;1-40H. The zero-order chi connectivity index (χ0) is 90.3. The predicted molar refractivity (Wildman–Crippen MR) is 567 cm³/mol. The second-order valence-electron chi connectivity index (χ2n) is 35.5. The Morgan fingerprint density at radius 1 is 0.149 bits per heavy atom. The van der Waals surface area contributed by atoms with Gasteiger partial charge in [0.2, 0.25) is 0 Å². The van der Waals surface area contributed by atoms with E-state index in [9.17, 15) is 0 Å². The molecule has 6 heteroatoms. The van der Waals surface area contributed by atoms with Crippen molar-refractivity contribution in [2.45, 2.75) is 55.4 Å². The van der Waals surface area contributed by atoms with Gasteiger partial charge in [-0.3, -0.25) is 0 Å². The minimum Gasteiger partial charge on any atom is -0.456 e. The Morgan fingerprint density at radius 3 is 0.776 bits per heavy atom. The Labute approximate surface area is 783 Å². The molecule has 0 aliphatic carbocycles. The molecule has 0 saturated carbocycles. The lowest BCUT2D eigenvalue weighted by atomic mass is 9.82. The third-order valence-electron chi connectivity index (χ3n) is 28.1. The van der Waals surface area contributed by atoms with Gasteiger partial charge in [-0.25, -0.2) is 0 Å². The highest BCUT2D eigenvalue weighted by atomic mass is 16.5. The van der Waals surface area contributed by atoms with E-state index in [-0.39, 0.29) is 0 Å². The van der Waals surface area contributed by atoms with Gasteiger partial charge in [0, 0.05) is 78.8 Å². The molecule has 640 valence electrons. The van der Waals surface area contributed by atoms with Crippen molar-refractivity contribution in [3.63, 3.8) is 0 Å². The van der Waals surface area contributed by atoms with E-state index < -0.39 is 0 Å². The number of hydrogen-bond acceptors (Lipinski definition) is 6. The normalized spacial score (nSPS) is 11.7. The Kier molecular flexibility index (Phi) is 20.7. The van der Waals surface area contributed by atoms with Crippen molar-refractivity contribution in [2.75, 3.05) is 19.6 Å². The van der Waals surface area contributed by atoms with Gasteiger partial charge in [0.1, 0.15) is 23.0 Å². The van der Waals surface area contributed by atoms with Crippen molar-refractivity contribution < 1.29 is 9.47 Å². The molecular formula is C128H96N4O2. The Bertz CT molecular complexity index is 8130. The average Bonchev–Trinajstić information content (AvgIpc) is 0.711. The molecule has 0 radical (unpaired) electrons. The molecular weight excluding hydrogens is 1630 g/mol. The van der Waals surface area contributed by atoms with Crippen LogP contribution < -0.4 is 29.1 Å². The van der Waals surface area contributed by atoms with Crippen molar-refractivity contribution in [2.24, 2.45) is 0 Å². The second-order valence-corrected chi connectivity index (χ2v) is 35.5. The Morgan fingerprint density at radius 2 is 0.410 bits per heavy atom. The number of para-hydroxylation sites is 8. The first-order chi connectivity index (χ1) is 65.8. The molecule has 134 heavy (non-hydrogen) atoms. The van der Waals surface area contributed by atoms with Crippen LogP contribution in [0, 0.1) is 55.4 Å². The van der Waals surface area contributed by atoms with Gasteiger partial charge in [-0.15, -0.1) is 0 Å². The van der Waals surface area contributed by atoms with Gasteiger partial charge in [-0.2, -0.15) is 0 Å². The molecule has 0 spiro atoms. The van der Waals surface area contributed by atoms with Gasteiger partial charge in [-0.05, 0) is 391 Å². The number of hydrogen-bond donors (Lipinski definition) is 0. The van der Waals surface area contributed by atoms with Crippen LogP contribution in [0.1, 0.15) is 44.5 Å². The molecule has 0 saturated heterocycles. The van der Waals surface area contributed by atoms with Gasteiger partial charge in [0.25, 0.3) is 0 Å². The summed E-state index contributed by atoms with van der Waals surface area (Å²) in [6, 6.07) is 157. The van der Waals surface area contributed by atoms with E-state index in [1.54, 1.807) is 0 Å². The average molecular weight is 1720 g/mol. The van der Waals surface area contributed by atoms with E-state index in [1.165, 1.54) is 149 Å². The zero-order valence-electron chi connectivity index (χ0n) is 76.2. The first-order valence-electron chi connectivity index (χ1n) is 46.4. The molecule has 2 heterocycles. The molecule has 0 aromatic heterocycles. The van der Waals surface area contributed by atoms with E-state index in [0.29, 0.717) is 0 Å². The molecule has 0 atom stereocenters. The second kappa shape index (κ2) is 33.9. The summed E-state index contributed by atoms with van der Waals surface area (Å²) in [6.07, 6.45) is 0. The molecule has 22 aromatic carbocycles. The first-order valence-corrected chi connectivity index (χ1v) is 46.4. The van der Waals surface area contributed by atoms with Gasteiger partial charge in [0.05, 0.1) is 11.4 Å². The lowest BCUT2D eigenvalue weighted by Crippen LogP contribution is -2.15. The van der Waals surface area contributed by atoms with E-state index >= 15 is 0 Å². The van der Waals surface area contributed by atoms with Crippen LogP contribution in [0.4, 0.5) is 68.2 Å². The fourth-order valence-corrected chi connectivity index (χ4v) is 21.3. The lowest BCUT2D eigenvalue weighted by molar-refractivity contribution is 0.487. The summed E-state index contributed by atoms with van der Waals surface area (Å²) in [4.78, 5) is 9.43. The number of ether oxygens (including phenoxy) is 2. The highest BCUT2D eigenvalue weighted by Crippen LogP contribution is 2.57. The molecule has 2 aliphatic rings. The Hall–Kier alpha value is -16.8. The monoisotopic (exact) mass is 1720 g/mol. The number of rotatable bonds is 16. The summed E-state index contributed by atoms with van der Waals surface area (Å²) < 4.78 is 13.9. The van der Waals surface area contributed by atoms with E-state index in [4.69, 9.17) is 9.47 Å². The summed E-state index contributed by atoms with van der Waals surface area (Å²) in [7, 11) is 0. The van der Waals surface area contributed by atoms with Crippen LogP contribution in [0.5, 0.6) is 23.0 Å². The summed E-state index contributed by atoms with van der Waals surface area (Å²) in [5, 5.41) is 14.6. The third kappa shape index (κ3) is 14.0. The minimum atomic E-state index is 0.868. The molecule has 22 aromatic rings. The summed E-state index contributed by atoms with van der Waals surface area (Å²) in [5.74, 6) is 3.52. The van der Waals surface area contributed by atoms with Crippen LogP contribution in [0.2, 0.25) is 0 Å². The lowest BCUT2D eigenvalue weighted by Gasteiger charge is -2.32. The number of benzene rings is 22. The van der Waals surface area contributed by atoms with Gasteiger partial charge in [0.15, 0.2) is 0 Å². The van der Waals surface area contributed by atoms with E-state index in [1.807, 2.05) is 0 Å². The smallest absolute Gasteiger partial charge is 0.135 e. The van der Waals surface area contributed by atoms with Crippen molar-refractivity contribution in [3.8, 4) is 89.8 Å². The topological polar surface area (TPSA) is 31.4 Å². The van der Waals surface area contributed by atoms with Crippen molar-refractivity contribution in [1.82, 2.24) is 0 Å². The SMILES string of the molecule is Cc1c(C)c(N(c2ccccc2)c2ccccc2)c(C)c(C)c1-c1ccc2c(c1)Oc1cccc3c1c-2cc1c2ccccc2c(-c2c(C)c(C)c(N(c4ccccc4)c4ccccc4)c(C)c2C)cc31.c1ccc(N(c2ccccc2)c2ccc(-c3ccc4c(c3)Oc3cccc5c3c-4cc3c4ccccc4c(-c4ccc(N(c6ccccc6)c6ccccc6)cc4)cc53)cc2)cc1. The minimum absolute atomic E-state index is 0.868. The fourth-order valence-electron chi connectivity index (χ4n) is 21.3. The molecule has 0 amide bonds. The van der Waals surface area contributed by atoms with E-state index in [0.717, 1.165) is 118 Å². The van der Waals surface area contributed by atoms with Gasteiger partial charge < -0.3 is 29.1 Å². The van der Waals surface area contributed by atoms with Crippen LogP contribution >= 0.6 is 0 Å². The van der Waals surface area contributed by atoms with Crippen LogP contribution in [-0.4, -0.2) is 0 Å². The maximum absolute atomic E-state index is 7.05. The van der Waals surface area contributed by atoms with Gasteiger partial charge >= 0.3 is 0 Å². The Balaban J connectivity index is 0.000000152. The molecule has 0 unspecified atom stereocenters. The zero-order valence-corrected chi connectivity index (χ0v) is 76.2. The molecule has 0 fully saturated rings. The van der Waals surface area contributed by atoms with Crippen LogP contribution in [0.25, 0.3) is 131 Å². The summed E-state index contributed by atoms with van der Waals surface area (Å²) in [5.41, 5.74) is 38.1. The quantitative estimate of drug-likeness (QED) is 0.0897. The number of anilines is 12. The first kappa shape index (κ1) is 81.7. The van der Waals surface area contributed by atoms with E-state index in [2.05, 4.69) is 512 Å². The molecule has 2 aliphatic heterocycles. The largest absolute Gasteiger partial charge is 0.456 e. The van der Waals surface area contributed by atoms with Crippen LogP contribution in [0.3, 0.4) is 0 Å². The van der Waals surface area contributed by atoms with Crippen molar-refractivity contribution in [3.05, 3.63) is 481 Å². The maximum Gasteiger partial charge on any atom is 0.135 e. The number of fused-ring (bicyclic) bond motifs is 12.